The molecule has 4 aromatic carbocycles. The summed E-state index contributed by atoms with van der Waals surface area (Å²) in [6, 6.07) is 29.0. The van der Waals surface area contributed by atoms with E-state index < -0.39 is 0 Å². The Morgan fingerprint density at radius 3 is 1.79 bits per heavy atom. The van der Waals surface area contributed by atoms with Gasteiger partial charge < -0.3 is 9.64 Å². The van der Waals surface area contributed by atoms with Gasteiger partial charge in [-0.1, -0.05) is 118 Å². The molecule has 2 heteroatoms. The van der Waals surface area contributed by atoms with Gasteiger partial charge in [-0.2, -0.15) is 0 Å². The first kappa shape index (κ1) is 28.2. The lowest BCUT2D eigenvalue weighted by molar-refractivity contribution is 0.133. The van der Waals surface area contributed by atoms with Crippen LogP contribution in [0.2, 0.25) is 0 Å². The van der Waals surface area contributed by atoms with E-state index in [4.69, 9.17) is 4.74 Å². The largest absolute Gasteiger partial charge is 0.381 e. The smallest absolute Gasteiger partial charge is 0.0506 e. The van der Waals surface area contributed by atoms with Crippen LogP contribution in [0.1, 0.15) is 75.3 Å². The molecule has 0 saturated heterocycles. The topological polar surface area (TPSA) is 12.5 Å². The average molecular weight is 510 g/mol. The van der Waals surface area contributed by atoms with Crippen molar-refractivity contribution in [1.82, 2.24) is 0 Å². The number of nitrogens with zero attached hydrogens (tertiary/aromatic N) is 1. The number of hydrogen-bond donors (Lipinski definition) is 0. The lowest BCUT2D eigenvalue weighted by atomic mass is 9.94. The van der Waals surface area contributed by atoms with E-state index in [1.807, 2.05) is 0 Å². The summed E-state index contributed by atoms with van der Waals surface area (Å²) in [5.74, 6) is 0. The maximum atomic E-state index is 5.86. The molecule has 0 fully saturated rings. The minimum Gasteiger partial charge on any atom is -0.381 e. The van der Waals surface area contributed by atoms with Crippen molar-refractivity contribution in [3.8, 4) is 0 Å². The van der Waals surface area contributed by atoms with E-state index in [9.17, 15) is 0 Å². The van der Waals surface area contributed by atoms with Crippen molar-refractivity contribution in [2.75, 3.05) is 32.2 Å². The fourth-order valence-electron chi connectivity index (χ4n) is 5.53. The minimum absolute atomic E-state index is 0.832. The first-order chi connectivity index (χ1) is 18.7. The zero-order valence-electron chi connectivity index (χ0n) is 23.8. The molecule has 0 aromatic heterocycles. The van der Waals surface area contributed by atoms with Gasteiger partial charge in [-0.15, -0.1) is 0 Å². The molecular weight excluding hydrogens is 462 g/mol. The summed E-state index contributed by atoms with van der Waals surface area (Å²) in [6.45, 7) is 1.74. The Balaban J connectivity index is 0.988. The van der Waals surface area contributed by atoms with E-state index in [-0.39, 0.29) is 0 Å². The summed E-state index contributed by atoms with van der Waals surface area (Å²) >= 11 is 0. The molecule has 0 aliphatic carbocycles. The van der Waals surface area contributed by atoms with Crippen LogP contribution in [0, 0.1) is 0 Å². The molecule has 0 unspecified atom stereocenters. The van der Waals surface area contributed by atoms with E-state index in [0.717, 1.165) is 19.6 Å². The van der Waals surface area contributed by atoms with Crippen LogP contribution in [0.4, 0.5) is 5.69 Å². The summed E-state index contributed by atoms with van der Waals surface area (Å²) in [5.41, 5.74) is 4.13. The molecule has 0 bridgehead atoms. The van der Waals surface area contributed by atoms with E-state index >= 15 is 0 Å². The third-order valence-electron chi connectivity index (χ3n) is 7.83. The zero-order chi connectivity index (χ0) is 26.4. The summed E-state index contributed by atoms with van der Waals surface area (Å²) in [7, 11) is 4.16. The zero-order valence-corrected chi connectivity index (χ0v) is 23.8. The molecule has 0 N–H and O–H groups in total. The Bertz CT molecular complexity index is 1230. The highest BCUT2D eigenvalue weighted by atomic mass is 16.5. The quantitative estimate of drug-likeness (QED) is 0.104. The molecule has 0 aliphatic heterocycles. The van der Waals surface area contributed by atoms with Crippen LogP contribution in [0.25, 0.3) is 21.5 Å². The Hall–Kier alpha value is -2.84. The first-order valence-electron chi connectivity index (χ1n) is 15.0. The van der Waals surface area contributed by atoms with Gasteiger partial charge in [0, 0.05) is 26.4 Å². The maximum Gasteiger partial charge on any atom is 0.0506 e. The van der Waals surface area contributed by atoms with Crippen molar-refractivity contribution in [3.63, 3.8) is 0 Å². The van der Waals surface area contributed by atoms with Crippen LogP contribution in [-0.4, -0.2) is 27.3 Å². The van der Waals surface area contributed by atoms with Crippen molar-refractivity contribution in [2.24, 2.45) is 0 Å². The molecule has 0 atom stereocenters. The van der Waals surface area contributed by atoms with Crippen molar-refractivity contribution >= 4 is 27.2 Å². The highest BCUT2D eigenvalue weighted by Crippen LogP contribution is 2.29. The molecule has 4 rings (SSSR count). The molecule has 0 radical (unpaired) electrons. The van der Waals surface area contributed by atoms with Gasteiger partial charge in [0.25, 0.3) is 0 Å². The predicted octanol–water partition coefficient (Wildman–Crippen LogP) is 9.76. The summed E-state index contributed by atoms with van der Waals surface area (Å²) in [5, 5.41) is 5.59. The normalized spacial score (nSPS) is 11.4. The molecule has 38 heavy (non-hydrogen) atoms. The van der Waals surface area contributed by atoms with Gasteiger partial charge in [0.1, 0.15) is 0 Å². The number of fused-ring (bicyclic) bond motifs is 3. The van der Waals surface area contributed by atoms with Crippen LogP contribution in [0.15, 0.2) is 78.9 Å². The van der Waals surface area contributed by atoms with Crippen LogP contribution in [0.3, 0.4) is 0 Å². The molecule has 0 heterocycles. The highest BCUT2D eigenvalue weighted by Gasteiger charge is 2.06. The molecular formula is C36H47NO. The lowest BCUT2D eigenvalue weighted by Crippen LogP contribution is -2.08. The van der Waals surface area contributed by atoms with E-state index in [2.05, 4.69) is 97.9 Å². The van der Waals surface area contributed by atoms with Gasteiger partial charge in [0.15, 0.2) is 0 Å². The standard InChI is InChI=1S/C36H47NO/c1-37(2)33-24-22-30(23-25-33)26-28-38-27-16-10-8-6-4-3-5-7-9-11-17-31-29-32-18-12-13-19-34(32)36-21-15-14-20-35(31)36/h12-15,18-25,29H,3-11,16-17,26-28H2,1-2H3. The van der Waals surface area contributed by atoms with E-state index in [1.165, 1.54) is 109 Å². The van der Waals surface area contributed by atoms with Crippen LogP contribution in [0.5, 0.6) is 0 Å². The molecule has 0 amide bonds. The number of anilines is 1. The van der Waals surface area contributed by atoms with E-state index in [1.54, 1.807) is 0 Å². The number of unbranched alkanes of at least 4 members (excludes halogenated alkanes) is 9. The average Bonchev–Trinajstić information content (AvgIpc) is 2.95. The summed E-state index contributed by atoms with van der Waals surface area (Å²) < 4.78 is 5.86. The number of ether oxygens (including phenoxy) is 1. The van der Waals surface area contributed by atoms with Gasteiger partial charge in [0.2, 0.25) is 0 Å². The van der Waals surface area contributed by atoms with Crippen LogP contribution >= 0.6 is 0 Å². The molecule has 0 aliphatic rings. The lowest BCUT2D eigenvalue weighted by Gasteiger charge is -2.12. The first-order valence-corrected chi connectivity index (χ1v) is 15.0. The van der Waals surface area contributed by atoms with Crippen molar-refractivity contribution in [2.45, 2.75) is 77.0 Å². The van der Waals surface area contributed by atoms with Crippen molar-refractivity contribution in [1.29, 1.82) is 0 Å². The Morgan fingerprint density at radius 2 is 1.11 bits per heavy atom. The second-order valence-corrected chi connectivity index (χ2v) is 11.0. The Morgan fingerprint density at radius 1 is 0.526 bits per heavy atom. The number of rotatable bonds is 17. The van der Waals surface area contributed by atoms with Gasteiger partial charge in [-0.05, 0) is 70.5 Å². The number of aryl methyl sites for hydroxylation is 1. The second kappa shape index (κ2) is 15.5. The van der Waals surface area contributed by atoms with E-state index in [0.29, 0.717) is 0 Å². The molecule has 0 saturated carbocycles. The molecule has 4 aromatic rings. The SMILES string of the molecule is CN(C)c1ccc(CCOCCCCCCCCCCCCc2cc3ccccc3c3ccccc23)cc1. The van der Waals surface area contributed by atoms with Gasteiger partial charge in [0.05, 0.1) is 6.61 Å². The molecule has 2 nitrogen and oxygen atoms in total. The summed E-state index contributed by atoms with van der Waals surface area (Å²) in [6.07, 6.45) is 15.6. The van der Waals surface area contributed by atoms with Gasteiger partial charge in [-0.25, -0.2) is 0 Å². The van der Waals surface area contributed by atoms with Crippen LogP contribution in [-0.2, 0) is 17.6 Å². The third-order valence-corrected chi connectivity index (χ3v) is 7.83. The number of hydrogen-bond acceptors (Lipinski definition) is 2. The van der Waals surface area contributed by atoms with Gasteiger partial charge >= 0.3 is 0 Å². The third kappa shape index (κ3) is 8.60. The minimum atomic E-state index is 0.832. The fourth-order valence-corrected chi connectivity index (χ4v) is 5.53. The highest BCUT2D eigenvalue weighted by molar-refractivity contribution is 6.08. The molecule has 0 spiro atoms. The Labute approximate surface area is 231 Å². The van der Waals surface area contributed by atoms with Gasteiger partial charge in [-0.3, -0.25) is 0 Å². The predicted molar refractivity (Wildman–Crippen MR) is 167 cm³/mol. The van der Waals surface area contributed by atoms with Crippen molar-refractivity contribution < 1.29 is 4.74 Å². The van der Waals surface area contributed by atoms with Crippen molar-refractivity contribution in [3.05, 3.63) is 90.0 Å². The summed E-state index contributed by atoms with van der Waals surface area (Å²) in [4.78, 5) is 2.13. The number of benzene rings is 4. The maximum absolute atomic E-state index is 5.86. The fraction of sp³-hybridized carbons (Fsp3) is 0.444. The van der Waals surface area contributed by atoms with Crippen LogP contribution < -0.4 is 4.90 Å². The second-order valence-electron chi connectivity index (χ2n) is 11.0. The Kier molecular flexibility index (Phi) is 11.5. The molecule has 202 valence electrons. The monoisotopic (exact) mass is 509 g/mol.